The van der Waals surface area contributed by atoms with Crippen molar-refractivity contribution >= 4 is 0 Å². The zero-order valence-electron chi connectivity index (χ0n) is 11.2. The molecule has 1 aliphatic heterocycles. The molecule has 1 aliphatic rings. The number of nitrogens with zero attached hydrogens (tertiary/aromatic N) is 1. The van der Waals surface area contributed by atoms with Crippen molar-refractivity contribution in [1.82, 2.24) is 4.90 Å². The monoisotopic (exact) mass is 272 g/mol. The van der Waals surface area contributed by atoms with E-state index in [2.05, 4.69) is 0 Å². The molecule has 1 heterocycles. The minimum absolute atomic E-state index is 0.179. The summed E-state index contributed by atoms with van der Waals surface area (Å²) in [6.45, 7) is 2.58. The molecule has 2 nitrogen and oxygen atoms in total. The molecule has 2 rings (SSSR count). The summed E-state index contributed by atoms with van der Waals surface area (Å²) in [5.41, 5.74) is 6.04. The first kappa shape index (κ1) is 14.3. The fourth-order valence-electron chi connectivity index (χ4n) is 2.74. The average Bonchev–Trinajstić information content (AvgIpc) is 2.73. The Morgan fingerprint density at radius 3 is 2.63 bits per heavy atom. The third-order valence-electron chi connectivity index (χ3n) is 3.87. The van der Waals surface area contributed by atoms with Crippen LogP contribution in [0.4, 0.5) is 13.2 Å². The summed E-state index contributed by atoms with van der Waals surface area (Å²) in [4.78, 5) is 1.95. The predicted octanol–water partition coefficient (Wildman–Crippen LogP) is 2.95. The topological polar surface area (TPSA) is 29.3 Å². The van der Waals surface area contributed by atoms with Gasteiger partial charge < -0.3 is 5.73 Å². The van der Waals surface area contributed by atoms with Crippen molar-refractivity contribution in [3.63, 3.8) is 0 Å². The van der Waals surface area contributed by atoms with Gasteiger partial charge in [-0.2, -0.15) is 0 Å². The fourth-order valence-corrected chi connectivity index (χ4v) is 2.74. The highest BCUT2D eigenvalue weighted by Crippen LogP contribution is 2.37. The second-order valence-corrected chi connectivity index (χ2v) is 5.31. The lowest BCUT2D eigenvalue weighted by molar-refractivity contribution is 0.302. The highest BCUT2D eigenvalue weighted by atomic mass is 19.2. The van der Waals surface area contributed by atoms with E-state index in [1.54, 1.807) is 0 Å². The van der Waals surface area contributed by atoms with Gasteiger partial charge in [-0.15, -0.1) is 0 Å². The normalized spacial score (nSPS) is 25.8. The number of alkyl halides is 1. The van der Waals surface area contributed by atoms with Gasteiger partial charge >= 0.3 is 0 Å². The Morgan fingerprint density at radius 2 is 2.11 bits per heavy atom. The molecule has 2 N–H and O–H groups in total. The number of halogens is 3. The molecule has 0 spiro atoms. The van der Waals surface area contributed by atoms with Crippen LogP contribution in [0.5, 0.6) is 0 Å². The summed E-state index contributed by atoms with van der Waals surface area (Å²) in [6.07, 6.45) is -0.640. The van der Waals surface area contributed by atoms with E-state index in [-0.39, 0.29) is 23.1 Å². The molecule has 3 unspecified atom stereocenters. The third-order valence-corrected chi connectivity index (χ3v) is 3.87. The van der Waals surface area contributed by atoms with Crippen LogP contribution in [-0.2, 0) is 0 Å². The number of rotatable bonds is 3. The minimum Gasteiger partial charge on any atom is -0.330 e. The molecule has 1 saturated heterocycles. The van der Waals surface area contributed by atoms with Crippen molar-refractivity contribution in [2.45, 2.75) is 25.6 Å². The molecule has 0 saturated carbocycles. The molecule has 1 fully saturated rings. The van der Waals surface area contributed by atoms with Crippen LogP contribution < -0.4 is 5.73 Å². The van der Waals surface area contributed by atoms with Gasteiger partial charge in [-0.25, -0.2) is 13.2 Å². The van der Waals surface area contributed by atoms with Gasteiger partial charge in [0.15, 0.2) is 11.6 Å². The van der Waals surface area contributed by atoms with E-state index < -0.39 is 17.8 Å². The molecule has 5 heteroatoms. The van der Waals surface area contributed by atoms with Crippen molar-refractivity contribution in [1.29, 1.82) is 0 Å². The molecule has 0 radical (unpaired) electrons. The minimum atomic E-state index is -1.31. The first-order chi connectivity index (χ1) is 8.93. The van der Waals surface area contributed by atoms with Gasteiger partial charge in [0.2, 0.25) is 0 Å². The maximum Gasteiger partial charge on any atom is 0.163 e. The van der Waals surface area contributed by atoms with E-state index in [0.717, 1.165) is 12.6 Å². The standard InChI is InChI=1S/C14H19F3N2/c1-8(15)10-4-11(14(17)12(16)5-10)13-3-9(6-18)7-19(13)2/h4-5,8-9,13H,3,6-7,18H2,1-2H3. The number of hydrogen-bond donors (Lipinski definition) is 1. The van der Waals surface area contributed by atoms with Gasteiger partial charge in [-0.1, -0.05) is 0 Å². The van der Waals surface area contributed by atoms with Crippen LogP contribution in [0.15, 0.2) is 12.1 Å². The summed E-state index contributed by atoms with van der Waals surface area (Å²) in [5.74, 6) is -1.59. The predicted molar refractivity (Wildman–Crippen MR) is 68.4 cm³/mol. The van der Waals surface area contributed by atoms with Crippen LogP contribution in [0.2, 0.25) is 0 Å². The Balaban J connectivity index is 2.39. The molecular weight excluding hydrogens is 253 g/mol. The zero-order chi connectivity index (χ0) is 14.2. The van der Waals surface area contributed by atoms with Crippen molar-refractivity contribution in [3.8, 4) is 0 Å². The Labute approximate surface area is 111 Å². The lowest BCUT2D eigenvalue weighted by Crippen LogP contribution is -2.21. The molecule has 1 aromatic carbocycles. The van der Waals surface area contributed by atoms with E-state index in [0.29, 0.717) is 13.0 Å². The van der Waals surface area contributed by atoms with Crippen molar-refractivity contribution in [3.05, 3.63) is 34.9 Å². The van der Waals surface area contributed by atoms with Crippen molar-refractivity contribution in [2.75, 3.05) is 20.1 Å². The largest absolute Gasteiger partial charge is 0.330 e. The highest BCUT2D eigenvalue weighted by Gasteiger charge is 2.32. The summed E-state index contributed by atoms with van der Waals surface area (Å²) in [6, 6.07) is 2.13. The summed E-state index contributed by atoms with van der Waals surface area (Å²) >= 11 is 0. The summed E-state index contributed by atoms with van der Waals surface area (Å²) < 4.78 is 40.9. The zero-order valence-corrected chi connectivity index (χ0v) is 11.2. The Hall–Kier alpha value is -1.07. The van der Waals surface area contributed by atoms with E-state index in [1.807, 2.05) is 11.9 Å². The lowest BCUT2D eigenvalue weighted by Gasteiger charge is -2.21. The molecule has 106 valence electrons. The molecule has 3 atom stereocenters. The Morgan fingerprint density at radius 1 is 1.42 bits per heavy atom. The van der Waals surface area contributed by atoms with Crippen LogP contribution in [0.25, 0.3) is 0 Å². The van der Waals surface area contributed by atoms with Crippen LogP contribution in [0.3, 0.4) is 0 Å². The summed E-state index contributed by atoms with van der Waals surface area (Å²) in [5, 5.41) is 0. The van der Waals surface area contributed by atoms with E-state index in [4.69, 9.17) is 5.73 Å². The quantitative estimate of drug-likeness (QED) is 0.916. The Kier molecular flexibility index (Phi) is 4.16. The van der Waals surface area contributed by atoms with E-state index in [9.17, 15) is 13.2 Å². The van der Waals surface area contributed by atoms with Gasteiger partial charge in [-0.05, 0) is 50.6 Å². The van der Waals surface area contributed by atoms with Crippen molar-refractivity contribution in [2.24, 2.45) is 11.7 Å². The van der Waals surface area contributed by atoms with E-state index in [1.165, 1.54) is 13.0 Å². The molecule has 1 aromatic rings. The van der Waals surface area contributed by atoms with Crippen LogP contribution in [0.1, 0.15) is 36.7 Å². The number of likely N-dealkylation sites (tertiary alicyclic amines) is 1. The molecule has 0 bridgehead atoms. The molecular formula is C14H19F3N2. The Bertz CT molecular complexity index is 462. The van der Waals surface area contributed by atoms with Crippen LogP contribution in [-0.4, -0.2) is 25.0 Å². The van der Waals surface area contributed by atoms with E-state index >= 15 is 0 Å². The number of hydrogen-bond acceptors (Lipinski definition) is 2. The maximum atomic E-state index is 13.9. The molecule has 19 heavy (non-hydrogen) atoms. The maximum absolute atomic E-state index is 13.9. The average molecular weight is 272 g/mol. The lowest BCUT2D eigenvalue weighted by atomic mass is 9.96. The second kappa shape index (κ2) is 5.51. The second-order valence-electron chi connectivity index (χ2n) is 5.31. The van der Waals surface area contributed by atoms with Gasteiger partial charge in [-0.3, -0.25) is 4.90 Å². The van der Waals surface area contributed by atoms with Crippen LogP contribution >= 0.6 is 0 Å². The molecule has 0 aliphatic carbocycles. The number of nitrogens with two attached hydrogens (primary N) is 1. The first-order valence-corrected chi connectivity index (χ1v) is 6.47. The molecule has 0 amide bonds. The van der Waals surface area contributed by atoms with Crippen molar-refractivity contribution < 1.29 is 13.2 Å². The van der Waals surface area contributed by atoms with Crippen LogP contribution in [0, 0.1) is 17.6 Å². The van der Waals surface area contributed by atoms with Gasteiger partial charge in [0.1, 0.15) is 6.17 Å². The summed E-state index contributed by atoms with van der Waals surface area (Å²) in [7, 11) is 1.85. The van der Waals surface area contributed by atoms with Gasteiger partial charge in [0.05, 0.1) is 0 Å². The SMILES string of the molecule is CC(F)c1cc(F)c(F)c(C2CC(CN)CN2C)c1. The first-order valence-electron chi connectivity index (χ1n) is 6.47. The third kappa shape index (κ3) is 2.77. The highest BCUT2D eigenvalue weighted by molar-refractivity contribution is 5.31. The molecule has 0 aromatic heterocycles. The number of benzene rings is 1. The fraction of sp³-hybridized carbons (Fsp3) is 0.571. The smallest absolute Gasteiger partial charge is 0.163 e. The van der Waals surface area contributed by atoms with Gasteiger partial charge in [0.25, 0.3) is 0 Å². The van der Waals surface area contributed by atoms with Gasteiger partial charge in [0, 0.05) is 18.2 Å².